The fourth-order valence-electron chi connectivity index (χ4n) is 1.23. The largest absolute Gasteiger partial charge is 0.486 e. The van der Waals surface area contributed by atoms with Crippen LogP contribution < -0.4 is 9.47 Å². The molecule has 0 fully saturated rings. The summed E-state index contributed by atoms with van der Waals surface area (Å²) in [6, 6.07) is 1.28. The summed E-state index contributed by atoms with van der Waals surface area (Å²) in [7, 11) is 0. The Kier molecular flexibility index (Phi) is 2.29. The molecule has 74 valence electrons. The molecule has 0 unspecified atom stereocenters. The van der Waals surface area contributed by atoms with Crippen LogP contribution in [0.2, 0.25) is 5.02 Å². The molecule has 0 radical (unpaired) electrons. The number of ether oxygens (including phenoxy) is 2. The Labute approximate surface area is 84.4 Å². The maximum atomic E-state index is 13.3. The first-order valence-corrected chi connectivity index (χ1v) is 4.34. The first-order valence-electron chi connectivity index (χ1n) is 3.97. The summed E-state index contributed by atoms with van der Waals surface area (Å²) >= 11 is 5.66. The van der Waals surface area contributed by atoms with E-state index in [2.05, 4.69) is 0 Å². The normalized spacial score (nSPS) is 13.9. The average molecular weight is 217 g/mol. The van der Waals surface area contributed by atoms with E-state index in [0.29, 0.717) is 25.2 Å². The van der Waals surface area contributed by atoms with Gasteiger partial charge >= 0.3 is 0 Å². The number of fused-ring (bicyclic) bond motifs is 1. The van der Waals surface area contributed by atoms with Crippen molar-refractivity contribution in [2.75, 3.05) is 13.2 Å². The van der Waals surface area contributed by atoms with E-state index >= 15 is 0 Å². The van der Waals surface area contributed by atoms with Gasteiger partial charge in [-0.25, -0.2) is 4.39 Å². The summed E-state index contributed by atoms with van der Waals surface area (Å²) in [5.41, 5.74) is -0.126. The van der Waals surface area contributed by atoms with Crippen LogP contribution in [0.15, 0.2) is 6.07 Å². The minimum atomic E-state index is -0.772. The number of halogens is 2. The maximum Gasteiger partial charge on any atom is 0.182 e. The predicted molar refractivity (Wildman–Crippen MR) is 47.8 cm³/mol. The van der Waals surface area contributed by atoms with E-state index in [1.807, 2.05) is 0 Å². The quantitative estimate of drug-likeness (QED) is 0.674. The number of rotatable bonds is 1. The van der Waals surface area contributed by atoms with Crippen LogP contribution in [0.5, 0.6) is 11.5 Å². The number of hydrogen-bond acceptors (Lipinski definition) is 3. The highest BCUT2D eigenvalue weighted by molar-refractivity contribution is 6.32. The minimum Gasteiger partial charge on any atom is -0.486 e. The Hall–Kier alpha value is -1.29. The van der Waals surface area contributed by atoms with Gasteiger partial charge in [0.25, 0.3) is 0 Å². The van der Waals surface area contributed by atoms with Gasteiger partial charge in [0.2, 0.25) is 0 Å². The summed E-state index contributed by atoms with van der Waals surface area (Å²) in [5.74, 6) is -0.295. The Balaban J connectivity index is 2.62. The zero-order valence-electron chi connectivity index (χ0n) is 7.05. The molecule has 0 aromatic heterocycles. The van der Waals surface area contributed by atoms with Crippen molar-refractivity contribution in [1.82, 2.24) is 0 Å². The van der Waals surface area contributed by atoms with Gasteiger partial charge in [-0.1, -0.05) is 11.6 Å². The molecule has 1 heterocycles. The van der Waals surface area contributed by atoms with Crippen LogP contribution in [-0.2, 0) is 0 Å². The van der Waals surface area contributed by atoms with Crippen LogP contribution in [-0.4, -0.2) is 19.5 Å². The molecule has 1 aliphatic rings. The second kappa shape index (κ2) is 3.46. The van der Waals surface area contributed by atoms with Gasteiger partial charge in [-0.3, -0.25) is 4.79 Å². The maximum absolute atomic E-state index is 13.3. The molecule has 3 nitrogen and oxygen atoms in total. The van der Waals surface area contributed by atoms with Crippen molar-refractivity contribution in [3.63, 3.8) is 0 Å². The molecule has 0 N–H and O–H groups in total. The van der Waals surface area contributed by atoms with Gasteiger partial charge in [0.1, 0.15) is 18.2 Å². The molecule has 5 heteroatoms. The fraction of sp³-hybridized carbons (Fsp3) is 0.222. The lowest BCUT2D eigenvalue weighted by atomic mass is 10.2. The second-order valence-electron chi connectivity index (χ2n) is 2.74. The zero-order chi connectivity index (χ0) is 10.1. The predicted octanol–water partition coefficient (Wildman–Crippen LogP) is 2.06. The van der Waals surface area contributed by atoms with Gasteiger partial charge in [-0.2, -0.15) is 0 Å². The van der Waals surface area contributed by atoms with Crippen LogP contribution >= 0.6 is 11.6 Å². The summed E-state index contributed by atoms with van der Waals surface area (Å²) in [4.78, 5) is 10.5. The summed E-state index contributed by atoms with van der Waals surface area (Å²) in [5, 5.41) is -0.204. The van der Waals surface area contributed by atoms with Crippen LogP contribution in [0.3, 0.4) is 0 Å². The monoisotopic (exact) mass is 216 g/mol. The lowest BCUT2D eigenvalue weighted by Gasteiger charge is -2.19. The Bertz CT molecular complexity index is 392. The molecule has 2 rings (SSSR count). The SMILES string of the molecule is O=Cc1cc2c(c(Cl)c1F)OCCO2. The van der Waals surface area contributed by atoms with Crippen molar-refractivity contribution in [3.8, 4) is 11.5 Å². The molecule has 0 aliphatic carbocycles. The second-order valence-corrected chi connectivity index (χ2v) is 3.11. The minimum absolute atomic E-state index is 0.126. The number of benzene rings is 1. The van der Waals surface area contributed by atoms with Crippen molar-refractivity contribution in [1.29, 1.82) is 0 Å². The van der Waals surface area contributed by atoms with Gasteiger partial charge in [0.05, 0.1) is 5.56 Å². The molecule has 14 heavy (non-hydrogen) atoms. The first kappa shape index (κ1) is 9.27. The van der Waals surface area contributed by atoms with Gasteiger partial charge in [0.15, 0.2) is 23.6 Å². The molecule has 0 saturated heterocycles. The van der Waals surface area contributed by atoms with Gasteiger partial charge in [-0.15, -0.1) is 0 Å². The Morgan fingerprint density at radius 2 is 2.14 bits per heavy atom. The molecule has 0 spiro atoms. The van der Waals surface area contributed by atoms with E-state index < -0.39 is 5.82 Å². The molecule has 0 saturated carbocycles. The van der Waals surface area contributed by atoms with E-state index in [1.165, 1.54) is 6.07 Å². The number of aldehydes is 1. The third-order valence-electron chi connectivity index (χ3n) is 1.87. The molecular weight excluding hydrogens is 211 g/mol. The summed E-state index contributed by atoms with van der Waals surface area (Å²) in [6.45, 7) is 0.694. The standard InChI is InChI=1S/C9H6ClFO3/c10-7-8(11)5(4-12)3-6-9(7)14-2-1-13-6/h3-4H,1-2H2. The van der Waals surface area contributed by atoms with Crippen LogP contribution in [0, 0.1) is 5.82 Å². The summed E-state index contributed by atoms with van der Waals surface area (Å²) < 4.78 is 23.6. The van der Waals surface area contributed by atoms with E-state index in [1.54, 1.807) is 0 Å². The van der Waals surface area contributed by atoms with Crippen LogP contribution in [0.1, 0.15) is 10.4 Å². The fourth-order valence-corrected chi connectivity index (χ4v) is 1.48. The van der Waals surface area contributed by atoms with Crippen molar-refractivity contribution >= 4 is 17.9 Å². The molecule has 1 aromatic rings. The molecule has 0 amide bonds. The van der Waals surface area contributed by atoms with Gasteiger partial charge in [0, 0.05) is 0 Å². The molecular formula is C9H6ClFO3. The van der Waals surface area contributed by atoms with Crippen LogP contribution in [0.25, 0.3) is 0 Å². The van der Waals surface area contributed by atoms with Crippen molar-refractivity contribution in [3.05, 3.63) is 22.5 Å². The Morgan fingerprint density at radius 3 is 2.86 bits per heavy atom. The van der Waals surface area contributed by atoms with Crippen LogP contribution in [0.4, 0.5) is 4.39 Å². The molecule has 0 bridgehead atoms. The van der Waals surface area contributed by atoms with E-state index in [4.69, 9.17) is 21.1 Å². The third kappa shape index (κ3) is 1.32. The highest BCUT2D eigenvalue weighted by Crippen LogP contribution is 2.40. The molecule has 1 aliphatic heterocycles. The van der Waals surface area contributed by atoms with Crippen molar-refractivity contribution < 1.29 is 18.7 Å². The molecule has 1 aromatic carbocycles. The van der Waals surface area contributed by atoms with E-state index in [-0.39, 0.29) is 16.3 Å². The molecule has 0 atom stereocenters. The van der Waals surface area contributed by atoms with Gasteiger partial charge < -0.3 is 9.47 Å². The smallest absolute Gasteiger partial charge is 0.182 e. The van der Waals surface area contributed by atoms with Crippen molar-refractivity contribution in [2.45, 2.75) is 0 Å². The average Bonchev–Trinajstić information content (AvgIpc) is 2.23. The third-order valence-corrected chi connectivity index (χ3v) is 2.21. The van der Waals surface area contributed by atoms with E-state index in [0.717, 1.165) is 0 Å². The first-order chi connectivity index (χ1) is 6.74. The topological polar surface area (TPSA) is 35.5 Å². The number of carbonyl (C=O) groups excluding carboxylic acids is 1. The van der Waals surface area contributed by atoms with E-state index in [9.17, 15) is 9.18 Å². The lowest BCUT2D eigenvalue weighted by molar-refractivity contribution is 0.111. The zero-order valence-corrected chi connectivity index (χ0v) is 7.81. The van der Waals surface area contributed by atoms with Crippen molar-refractivity contribution in [2.24, 2.45) is 0 Å². The summed E-state index contributed by atoms with van der Waals surface area (Å²) in [6.07, 6.45) is 0.388. The highest BCUT2D eigenvalue weighted by Gasteiger charge is 2.21. The lowest BCUT2D eigenvalue weighted by Crippen LogP contribution is -2.16. The van der Waals surface area contributed by atoms with Gasteiger partial charge in [-0.05, 0) is 6.07 Å². The highest BCUT2D eigenvalue weighted by atomic mass is 35.5. The number of carbonyl (C=O) groups is 1. The number of hydrogen-bond donors (Lipinski definition) is 0. The Morgan fingerprint density at radius 1 is 1.43 bits per heavy atom.